The van der Waals surface area contributed by atoms with E-state index in [1.165, 1.54) is 0 Å². The van der Waals surface area contributed by atoms with E-state index in [0.29, 0.717) is 12.4 Å². The summed E-state index contributed by atoms with van der Waals surface area (Å²) in [5.74, 6) is -0.583. The van der Waals surface area contributed by atoms with Crippen LogP contribution in [0.3, 0.4) is 0 Å². The average Bonchev–Trinajstić information content (AvgIpc) is 2.81. The molecule has 19 heavy (non-hydrogen) atoms. The number of hydrogen-bond donors (Lipinski definition) is 2. The number of aryl methyl sites for hydroxylation is 2. The number of hydrogen-bond acceptors (Lipinski definition) is 4. The van der Waals surface area contributed by atoms with Gasteiger partial charge in [0.15, 0.2) is 0 Å². The van der Waals surface area contributed by atoms with Gasteiger partial charge in [-0.05, 0) is 37.8 Å². The van der Waals surface area contributed by atoms with E-state index >= 15 is 0 Å². The van der Waals surface area contributed by atoms with E-state index in [1.807, 2.05) is 6.92 Å². The molecule has 0 radical (unpaired) electrons. The lowest BCUT2D eigenvalue weighted by atomic mass is 10.1. The predicted octanol–water partition coefficient (Wildman–Crippen LogP) is 1.45. The van der Waals surface area contributed by atoms with Crippen molar-refractivity contribution in [3.8, 4) is 0 Å². The zero-order valence-electron chi connectivity index (χ0n) is 11.1. The van der Waals surface area contributed by atoms with Gasteiger partial charge in [-0.15, -0.1) is 0 Å². The average molecular weight is 282 g/mol. The quantitative estimate of drug-likeness (QED) is 0.854. The zero-order valence-corrected chi connectivity index (χ0v) is 11.9. The van der Waals surface area contributed by atoms with Crippen LogP contribution in [-0.2, 0) is 23.6 Å². The molecule has 1 heterocycles. The molecule has 0 bridgehead atoms. The van der Waals surface area contributed by atoms with Crippen LogP contribution < -0.4 is 5.32 Å². The Morgan fingerprint density at radius 2 is 2.32 bits per heavy atom. The molecule has 0 saturated carbocycles. The lowest BCUT2D eigenvalue weighted by molar-refractivity contribution is 0.0697. The normalized spacial score (nSPS) is 16.7. The Labute approximate surface area is 114 Å². The molecule has 0 fully saturated rings. The third kappa shape index (κ3) is 3.12. The van der Waals surface area contributed by atoms with E-state index in [0.717, 1.165) is 30.5 Å². The number of carboxylic acids is 1. The van der Waals surface area contributed by atoms with Crippen LogP contribution in [0.5, 0.6) is 0 Å². The van der Waals surface area contributed by atoms with Crippen LogP contribution in [0.2, 0.25) is 0 Å². The first-order valence-corrected chi connectivity index (χ1v) is 7.93. The van der Waals surface area contributed by atoms with Crippen LogP contribution in [-0.4, -0.2) is 38.3 Å². The van der Waals surface area contributed by atoms with E-state index in [-0.39, 0.29) is 10.8 Å². The van der Waals surface area contributed by atoms with E-state index < -0.39 is 16.8 Å². The minimum atomic E-state index is -0.977. The van der Waals surface area contributed by atoms with E-state index in [4.69, 9.17) is 0 Å². The van der Waals surface area contributed by atoms with Crippen molar-refractivity contribution in [2.45, 2.75) is 31.4 Å². The van der Waals surface area contributed by atoms with E-state index in [1.54, 1.807) is 12.3 Å². The summed E-state index contributed by atoms with van der Waals surface area (Å²) in [4.78, 5) is 15.7. The van der Waals surface area contributed by atoms with Crippen LogP contribution in [0.4, 0.5) is 5.82 Å². The van der Waals surface area contributed by atoms with Crippen LogP contribution >= 0.6 is 0 Å². The van der Waals surface area contributed by atoms with Crippen LogP contribution in [0.1, 0.15) is 35.0 Å². The second-order valence-corrected chi connectivity index (χ2v) is 6.64. The minimum Gasteiger partial charge on any atom is -0.478 e. The molecule has 1 aliphatic carbocycles. The molecule has 2 N–H and O–H groups in total. The van der Waals surface area contributed by atoms with Gasteiger partial charge in [0.2, 0.25) is 0 Å². The Balaban J connectivity index is 2.23. The van der Waals surface area contributed by atoms with Crippen molar-refractivity contribution in [2.24, 2.45) is 0 Å². The standard InChI is InChI=1S/C13H18N2O3S/c1-8(19(2)18)7-14-12-10(13(16)17)6-9-4-3-5-11(9)15-12/h6,8H,3-5,7H2,1-2H3,(H,14,15)(H,16,17). The molecular formula is C13H18N2O3S. The van der Waals surface area contributed by atoms with Crippen molar-refractivity contribution in [3.63, 3.8) is 0 Å². The van der Waals surface area contributed by atoms with Crippen molar-refractivity contribution in [2.75, 3.05) is 18.1 Å². The molecule has 2 atom stereocenters. The number of nitrogens with zero attached hydrogens (tertiary/aromatic N) is 1. The molecule has 0 saturated heterocycles. The first-order chi connectivity index (χ1) is 8.99. The summed E-state index contributed by atoms with van der Waals surface area (Å²) in [5.41, 5.74) is 2.22. The number of carbonyl (C=O) groups is 1. The summed E-state index contributed by atoms with van der Waals surface area (Å²) in [6.07, 6.45) is 4.47. The molecule has 1 aromatic heterocycles. The lowest BCUT2D eigenvalue weighted by Gasteiger charge is -2.13. The Morgan fingerprint density at radius 3 is 2.95 bits per heavy atom. The maximum absolute atomic E-state index is 11.3. The third-order valence-electron chi connectivity index (χ3n) is 3.40. The summed E-state index contributed by atoms with van der Waals surface area (Å²) in [7, 11) is -0.938. The monoisotopic (exact) mass is 282 g/mol. The number of fused-ring (bicyclic) bond motifs is 1. The second-order valence-electron chi connectivity index (χ2n) is 4.84. The SMILES string of the molecule is CC(CNc1nc2c(cc1C(=O)O)CCC2)S(C)=O. The predicted molar refractivity (Wildman–Crippen MR) is 75.2 cm³/mol. The molecule has 0 amide bonds. The highest BCUT2D eigenvalue weighted by atomic mass is 32.2. The highest BCUT2D eigenvalue weighted by Gasteiger charge is 2.20. The summed E-state index contributed by atoms with van der Waals surface area (Å²) in [6.45, 7) is 2.31. The summed E-state index contributed by atoms with van der Waals surface area (Å²) >= 11 is 0. The Hall–Kier alpha value is -1.43. The molecular weight excluding hydrogens is 264 g/mol. The molecule has 2 unspecified atom stereocenters. The minimum absolute atomic E-state index is 0.0447. The van der Waals surface area contributed by atoms with Gasteiger partial charge in [0, 0.05) is 34.5 Å². The first kappa shape index (κ1) is 14.0. The molecule has 0 spiro atoms. The molecule has 6 heteroatoms. The van der Waals surface area contributed by atoms with Crippen molar-refractivity contribution in [3.05, 3.63) is 22.9 Å². The van der Waals surface area contributed by atoms with Gasteiger partial charge >= 0.3 is 5.97 Å². The number of pyridine rings is 1. The van der Waals surface area contributed by atoms with Gasteiger partial charge in [-0.25, -0.2) is 9.78 Å². The molecule has 104 valence electrons. The maximum atomic E-state index is 11.3. The summed E-state index contributed by atoms with van der Waals surface area (Å²) in [6, 6.07) is 1.72. The van der Waals surface area contributed by atoms with Gasteiger partial charge in [0.05, 0.1) is 0 Å². The number of carboxylic acid groups (broad SMARTS) is 1. The van der Waals surface area contributed by atoms with Gasteiger partial charge in [0.1, 0.15) is 11.4 Å². The Kier molecular flexibility index (Phi) is 4.19. The molecule has 0 aromatic carbocycles. The molecule has 2 rings (SSSR count). The number of aromatic nitrogens is 1. The van der Waals surface area contributed by atoms with E-state index in [9.17, 15) is 14.1 Å². The van der Waals surface area contributed by atoms with Crippen molar-refractivity contribution in [1.82, 2.24) is 4.98 Å². The smallest absolute Gasteiger partial charge is 0.339 e. The highest BCUT2D eigenvalue weighted by molar-refractivity contribution is 7.84. The molecule has 1 aliphatic rings. The zero-order chi connectivity index (χ0) is 14.0. The number of aromatic carboxylic acids is 1. The van der Waals surface area contributed by atoms with Gasteiger partial charge in [-0.2, -0.15) is 0 Å². The fraction of sp³-hybridized carbons (Fsp3) is 0.538. The largest absolute Gasteiger partial charge is 0.478 e. The van der Waals surface area contributed by atoms with Crippen molar-refractivity contribution < 1.29 is 14.1 Å². The highest BCUT2D eigenvalue weighted by Crippen LogP contribution is 2.25. The Bertz CT molecular complexity index is 531. The third-order valence-corrected chi connectivity index (χ3v) is 4.70. The van der Waals surface area contributed by atoms with Gasteiger partial charge < -0.3 is 10.4 Å². The fourth-order valence-corrected chi connectivity index (χ4v) is 2.45. The molecule has 1 aromatic rings. The topological polar surface area (TPSA) is 79.3 Å². The fourth-order valence-electron chi connectivity index (χ4n) is 2.13. The van der Waals surface area contributed by atoms with Crippen LogP contribution in [0, 0.1) is 0 Å². The first-order valence-electron chi connectivity index (χ1n) is 6.31. The maximum Gasteiger partial charge on any atom is 0.339 e. The number of rotatable bonds is 5. The molecule has 5 nitrogen and oxygen atoms in total. The summed E-state index contributed by atoms with van der Waals surface area (Å²) < 4.78 is 11.3. The van der Waals surface area contributed by atoms with Crippen LogP contribution in [0.25, 0.3) is 0 Å². The summed E-state index contributed by atoms with van der Waals surface area (Å²) in [5, 5.41) is 12.2. The van der Waals surface area contributed by atoms with Crippen molar-refractivity contribution >= 4 is 22.6 Å². The second kappa shape index (κ2) is 5.69. The lowest BCUT2D eigenvalue weighted by Crippen LogP contribution is -2.22. The molecule has 0 aliphatic heterocycles. The Morgan fingerprint density at radius 1 is 1.58 bits per heavy atom. The van der Waals surface area contributed by atoms with Crippen LogP contribution in [0.15, 0.2) is 6.07 Å². The van der Waals surface area contributed by atoms with Gasteiger partial charge in [0.25, 0.3) is 0 Å². The van der Waals surface area contributed by atoms with Gasteiger partial charge in [-0.1, -0.05) is 0 Å². The number of nitrogens with one attached hydrogen (secondary N) is 1. The van der Waals surface area contributed by atoms with Gasteiger partial charge in [-0.3, -0.25) is 4.21 Å². The number of anilines is 1. The van der Waals surface area contributed by atoms with E-state index in [2.05, 4.69) is 10.3 Å². The van der Waals surface area contributed by atoms with Crippen molar-refractivity contribution in [1.29, 1.82) is 0 Å².